The van der Waals surface area contributed by atoms with Crippen molar-refractivity contribution in [3.8, 4) is 5.75 Å². The number of hydrogen-bond acceptors (Lipinski definition) is 3. The molecule has 8 heteroatoms. The summed E-state index contributed by atoms with van der Waals surface area (Å²) in [6.07, 6.45) is 1.44. The van der Waals surface area contributed by atoms with Gasteiger partial charge < -0.3 is 4.74 Å². The fourth-order valence-corrected chi connectivity index (χ4v) is 3.75. The standard InChI is InChI=1S/C19H12Br2Cl2N2O2/c20-13-3-5-15-11(7-13)2-6-17(19(15)21)27-10-18(26)25-24-9-12-1-4-14(22)8-16(12)23/h1-9H,10H2,(H,25,26)/b24-9+. The number of ether oxygens (including phenoxy) is 1. The van der Waals surface area contributed by atoms with Crippen LogP contribution in [0.1, 0.15) is 5.56 Å². The van der Waals surface area contributed by atoms with Gasteiger partial charge in [0, 0.05) is 15.1 Å². The minimum absolute atomic E-state index is 0.174. The van der Waals surface area contributed by atoms with E-state index in [1.54, 1.807) is 18.2 Å². The maximum Gasteiger partial charge on any atom is 0.277 e. The van der Waals surface area contributed by atoms with E-state index in [2.05, 4.69) is 42.4 Å². The molecular formula is C19H12Br2Cl2N2O2. The van der Waals surface area contributed by atoms with Crippen LogP contribution in [0.3, 0.4) is 0 Å². The highest BCUT2D eigenvalue weighted by Gasteiger charge is 2.09. The first-order chi connectivity index (χ1) is 12.9. The summed E-state index contributed by atoms with van der Waals surface area (Å²) in [5, 5.41) is 6.90. The molecule has 3 rings (SSSR count). The monoisotopic (exact) mass is 528 g/mol. The van der Waals surface area contributed by atoms with Gasteiger partial charge in [0.25, 0.3) is 5.91 Å². The molecule has 1 N–H and O–H groups in total. The molecule has 0 spiro atoms. The molecular weight excluding hydrogens is 519 g/mol. The van der Waals surface area contributed by atoms with Gasteiger partial charge in [-0.1, -0.05) is 57.3 Å². The number of carbonyl (C=O) groups excluding carboxylic acids is 1. The predicted molar refractivity (Wildman–Crippen MR) is 117 cm³/mol. The zero-order chi connectivity index (χ0) is 19.4. The van der Waals surface area contributed by atoms with Crippen molar-refractivity contribution in [2.45, 2.75) is 0 Å². The van der Waals surface area contributed by atoms with Crippen LogP contribution in [0.15, 0.2) is 62.6 Å². The molecule has 0 atom stereocenters. The van der Waals surface area contributed by atoms with E-state index in [-0.39, 0.29) is 12.5 Å². The smallest absolute Gasteiger partial charge is 0.277 e. The Kier molecular flexibility index (Phi) is 6.76. The zero-order valence-corrected chi connectivity index (χ0v) is 18.4. The van der Waals surface area contributed by atoms with Crippen molar-refractivity contribution < 1.29 is 9.53 Å². The van der Waals surface area contributed by atoms with E-state index in [4.69, 9.17) is 27.9 Å². The molecule has 1 amide bonds. The Morgan fingerprint density at radius 3 is 2.70 bits per heavy atom. The van der Waals surface area contributed by atoms with Gasteiger partial charge in [0.1, 0.15) is 5.75 Å². The lowest BCUT2D eigenvalue weighted by Crippen LogP contribution is -2.24. The van der Waals surface area contributed by atoms with Crippen LogP contribution in [0.5, 0.6) is 5.75 Å². The molecule has 3 aromatic rings. The van der Waals surface area contributed by atoms with Crippen LogP contribution in [0.2, 0.25) is 10.0 Å². The van der Waals surface area contributed by atoms with Gasteiger partial charge in [-0.05, 0) is 57.0 Å². The number of amides is 1. The Bertz CT molecular complexity index is 1040. The molecule has 3 aromatic carbocycles. The number of hydrogen-bond donors (Lipinski definition) is 1. The Hall–Kier alpha value is -1.60. The van der Waals surface area contributed by atoms with Crippen molar-refractivity contribution in [1.29, 1.82) is 0 Å². The Labute approximate surface area is 182 Å². The van der Waals surface area contributed by atoms with Crippen molar-refractivity contribution in [3.63, 3.8) is 0 Å². The van der Waals surface area contributed by atoms with Gasteiger partial charge in [-0.3, -0.25) is 4.79 Å². The topological polar surface area (TPSA) is 50.7 Å². The van der Waals surface area contributed by atoms with E-state index >= 15 is 0 Å². The van der Waals surface area contributed by atoms with E-state index in [0.29, 0.717) is 21.4 Å². The number of nitrogens with one attached hydrogen (secondary N) is 1. The van der Waals surface area contributed by atoms with Crippen LogP contribution < -0.4 is 10.2 Å². The van der Waals surface area contributed by atoms with Crippen LogP contribution in [-0.4, -0.2) is 18.7 Å². The molecule has 0 saturated heterocycles. The average molecular weight is 531 g/mol. The number of hydrazone groups is 1. The van der Waals surface area contributed by atoms with Crippen LogP contribution in [-0.2, 0) is 4.79 Å². The number of halogens is 4. The van der Waals surface area contributed by atoms with E-state index in [1.807, 2.05) is 30.3 Å². The lowest BCUT2D eigenvalue weighted by Gasteiger charge is -2.10. The molecule has 0 aliphatic carbocycles. The number of benzene rings is 3. The van der Waals surface area contributed by atoms with Gasteiger partial charge in [-0.15, -0.1) is 0 Å². The molecule has 0 heterocycles. The SMILES string of the molecule is O=C(COc1ccc2cc(Br)ccc2c1Br)N/N=C/c1ccc(Cl)cc1Cl. The van der Waals surface area contributed by atoms with Crippen molar-refractivity contribution in [3.05, 3.63) is 73.1 Å². The fraction of sp³-hybridized carbons (Fsp3) is 0.0526. The summed E-state index contributed by atoms with van der Waals surface area (Å²) in [7, 11) is 0. The normalized spacial score (nSPS) is 11.1. The number of carbonyl (C=O) groups is 1. The average Bonchev–Trinajstić information content (AvgIpc) is 2.63. The molecule has 4 nitrogen and oxygen atoms in total. The molecule has 0 radical (unpaired) electrons. The Morgan fingerprint density at radius 1 is 1.11 bits per heavy atom. The van der Waals surface area contributed by atoms with Gasteiger partial charge in [0.2, 0.25) is 0 Å². The quantitative estimate of drug-likeness (QED) is 0.315. The molecule has 0 aliphatic rings. The first-order valence-electron chi connectivity index (χ1n) is 7.71. The molecule has 0 unspecified atom stereocenters. The van der Waals surface area contributed by atoms with Crippen LogP contribution in [0.4, 0.5) is 0 Å². The zero-order valence-electron chi connectivity index (χ0n) is 13.7. The molecule has 0 bridgehead atoms. The van der Waals surface area contributed by atoms with Crippen LogP contribution in [0, 0.1) is 0 Å². The summed E-state index contributed by atoms with van der Waals surface area (Å²) in [6, 6.07) is 14.7. The molecule has 27 heavy (non-hydrogen) atoms. The highest BCUT2D eigenvalue weighted by Crippen LogP contribution is 2.34. The fourth-order valence-electron chi connectivity index (χ4n) is 2.31. The first kappa shape index (κ1) is 20.1. The third kappa shape index (κ3) is 5.23. The van der Waals surface area contributed by atoms with Crippen molar-refractivity contribution in [2.75, 3.05) is 6.61 Å². The lowest BCUT2D eigenvalue weighted by atomic mass is 10.1. The first-order valence-corrected chi connectivity index (χ1v) is 10.1. The third-order valence-corrected chi connectivity index (χ3v) is 5.47. The van der Waals surface area contributed by atoms with Gasteiger partial charge in [0.15, 0.2) is 6.61 Å². The van der Waals surface area contributed by atoms with E-state index < -0.39 is 0 Å². The highest BCUT2D eigenvalue weighted by atomic mass is 79.9. The van der Waals surface area contributed by atoms with Crippen LogP contribution >= 0.6 is 55.1 Å². The van der Waals surface area contributed by atoms with E-state index in [1.165, 1.54) is 6.21 Å². The van der Waals surface area contributed by atoms with Crippen LogP contribution in [0.25, 0.3) is 10.8 Å². The molecule has 0 fully saturated rings. The maximum atomic E-state index is 11.9. The summed E-state index contributed by atoms with van der Waals surface area (Å²) < 4.78 is 7.37. The van der Waals surface area contributed by atoms with Gasteiger partial charge >= 0.3 is 0 Å². The van der Waals surface area contributed by atoms with Gasteiger partial charge in [-0.25, -0.2) is 5.43 Å². The summed E-state index contributed by atoms with van der Waals surface area (Å²) in [4.78, 5) is 11.9. The summed E-state index contributed by atoms with van der Waals surface area (Å²) in [6.45, 7) is -0.174. The second-order valence-electron chi connectivity index (χ2n) is 5.49. The van der Waals surface area contributed by atoms with Crippen molar-refractivity contribution in [1.82, 2.24) is 5.43 Å². The van der Waals surface area contributed by atoms with Gasteiger partial charge in [-0.2, -0.15) is 5.10 Å². The van der Waals surface area contributed by atoms with E-state index in [9.17, 15) is 4.79 Å². The molecule has 0 aliphatic heterocycles. The largest absolute Gasteiger partial charge is 0.483 e. The Balaban J connectivity index is 1.60. The lowest BCUT2D eigenvalue weighted by molar-refractivity contribution is -0.123. The second kappa shape index (κ2) is 9.06. The minimum atomic E-state index is -0.390. The number of rotatable bonds is 5. The minimum Gasteiger partial charge on any atom is -0.483 e. The predicted octanol–water partition coefficient (Wildman–Crippen LogP) is 6.20. The number of fused-ring (bicyclic) bond motifs is 1. The van der Waals surface area contributed by atoms with Gasteiger partial charge in [0.05, 0.1) is 15.7 Å². The van der Waals surface area contributed by atoms with Crippen molar-refractivity contribution >= 4 is 78.0 Å². The van der Waals surface area contributed by atoms with E-state index in [0.717, 1.165) is 19.7 Å². The second-order valence-corrected chi connectivity index (χ2v) is 8.04. The molecule has 138 valence electrons. The molecule has 0 aromatic heterocycles. The summed E-state index contributed by atoms with van der Waals surface area (Å²) >= 11 is 18.8. The molecule has 0 saturated carbocycles. The summed E-state index contributed by atoms with van der Waals surface area (Å²) in [5.41, 5.74) is 3.04. The van der Waals surface area contributed by atoms with Crippen molar-refractivity contribution in [2.24, 2.45) is 5.10 Å². The Morgan fingerprint density at radius 2 is 1.93 bits per heavy atom. The third-order valence-electron chi connectivity index (χ3n) is 3.59. The number of nitrogens with zero attached hydrogens (tertiary/aromatic N) is 1. The summed E-state index contributed by atoms with van der Waals surface area (Å²) in [5.74, 6) is 0.184. The highest BCUT2D eigenvalue weighted by molar-refractivity contribution is 9.11. The maximum absolute atomic E-state index is 11.9.